The van der Waals surface area contributed by atoms with Crippen LogP contribution in [0.1, 0.15) is 37.5 Å². The predicted octanol–water partition coefficient (Wildman–Crippen LogP) is 4.59. The van der Waals surface area contributed by atoms with E-state index in [1.807, 2.05) is 69.3 Å². The van der Waals surface area contributed by atoms with E-state index in [9.17, 15) is 9.59 Å². The fourth-order valence-corrected chi connectivity index (χ4v) is 3.65. The molecule has 0 saturated heterocycles. The van der Waals surface area contributed by atoms with Gasteiger partial charge >= 0.3 is 0 Å². The van der Waals surface area contributed by atoms with E-state index >= 15 is 0 Å². The molecule has 2 aromatic carbocycles. The smallest absolute Gasteiger partial charge is 0.242 e. The van der Waals surface area contributed by atoms with E-state index in [2.05, 4.69) is 19.2 Å². The van der Waals surface area contributed by atoms with Crippen molar-refractivity contribution in [2.45, 2.75) is 52.1 Å². The van der Waals surface area contributed by atoms with Crippen molar-refractivity contribution in [3.8, 4) is 0 Å². The standard InChI is InChI=1S/C24H32N2O2S/c1-17(2)14-25-24(28)20(5)26(15-21-9-7-6-8-19(21)4)23(27)16-29-22-12-10-18(3)11-13-22/h6-13,17,20H,14-16H2,1-5H3,(H,25,28)/t20-/m0/s1. The van der Waals surface area contributed by atoms with E-state index in [1.54, 1.807) is 4.90 Å². The fourth-order valence-electron chi connectivity index (χ4n) is 2.87. The van der Waals surface area contributed by atoms with Crippen LogP contribution in [0.3, 0.4) is 0 Å². The molecule has 0 aliphatic carbocycles. The second-order valence-electron chi connectivity index (χ2n) is 7.86. The molecular formula is C24H32N2O2S. The number of thioether (sulfide) groups is 1. The number of nitrogens with zero attached hydrogens (tertiary/aromatic N) is 1. The highest BCUT2D eigenvalue weighted by Gasteiger charge is 2.26. The minimum absolute atomic E-state index is 0.0361. The van der Waals surface area contributed by atoms with Crippen molar-refractivity contribution >= 4 is 23.6 Å². The van der Waals surface area contributed by atoms with Crippen LogP contribution in [-0.4, -0.2) is 35.1 Å². The van der Waals surface area contributed by atoms with E-state index < -0.39 is 6.04 Å². The van der Waals surface area contributed by atoms with Gasteiger partial charge in [-0.25, -0.2) is 0 Å². The van der Waals surface area contributed by atoms with Gasteiger partial charge in [-0.1, -0.05) is 55.8 Å². The topological polar surface area (TPSA) is 49.4 Å². The number of nitrogens with one attached hydrogen (secondary N) is 1. The van der Waals surface area contributed by atoms with Gasteiger partial charge in [0, 0.05) is 18.0 Å². The molecule has 0 radical (unpaired) electrons. The van der Waals surface area contributed by atoms with E-state index in [0.717, 1.165) is 16.0 Å². The van der Waals surface area contributed by atoms with Crippen molar-refractivity contribution in [3.05, 3.63) is 65.2 Å². The van der Waals surface area contributed by atoms with Crippen molar-refractivity contribution in [1.29, 1.82) is 0 Å². The molecule has 0 unspecified atom stereocenters. The molecule has 0 aliphatic rings. The van der Waals surface area contributed by atoms with Crippen LogP contribution < -0.4 is 5.32 Å². The molecule has 29 heavy (non-hydrogen) atoms. The maximum atomic E-state index is 13.1. The number of carbonyl (C=O) groups excluding carboxylic acids is 2. The molecule has 1 atom stereocenters. The zero-order valence-corrected chi connectivity index (χ0v) is 18.9. The summed E-state index contributed by atoms with van der Waals surface area (Å²) in [5.74, 6) is 0.521. The van der Waals surface area contributed by atoms with Crippen LogP contribution in [0.5, 0.6) is 0 Å². The van der Waals surface area contributed by atoms with Crippen LogP contribution >= 0.6 is 11.8 Å². The van der Waals surface area contributed by atoms with Crippen LogP contribution in [0.25, 0.3) is 0 Å². The van der Waals surface area contributed by atoms with Crippen LogP contribution in [0.2, 0.25) is 0 Å². The van der Waals surface area contributed by atoms with E-state index in [4.69, 9.17) is 0 Å². The molecule has 0 fully saturated rings. The summed E-state index contributed by atoms with van der Waals surface area (Å²) in [6.45, 7) is 11.0. The maximum Gasteiger partial charge on any atom is 0.242 e. The van der Waals surface area contributed by atoms with E-state index in [-0.39, 0.29) is 11.8 Å². The molecule has 4 nitrogen and oxygen atoms in total. The van der Waals surface area contributed by atoms with Gasteiger partial charge < -0.3 is 10.2 Å². The Hall–Kier alpha value is -2.27. The SMILES string of the molecule is Cc1ccc(SCC(=O)N(Cc2ccccc2C)[C@@H](C)C(=O)NCC(C)C)cc1. The summed E-state index contributed by atoms with van der Waals surface area (Å²) in [6.07, 6.45) is 0. The number of hydrogen-bond acceptors (Lipinski definition) is 3. The second-order valence-corrected chi connectivity index (χ2v) is 8.91. The Bertz CT molecular complexity index is 818. The van der Waals surface area contributed by atoms with Gasteiger partial charge in [0.2, 0.25) is 11.8 Å². The van der Waals surface area contributed by atoms with Crippen molar-refractivity contribution in [2.75, 3.05) is 12.3 Å². The average molecular weight is 413 g/mol. The second kappa shape index (κ2) is 11.1. The van der Waals surface area contributed by atoms with Gasteiger partial charge in [0.25, 0.3) is 0 Å². The van der Waals surface area contributed by atoms with Gasteiger partial charge in [0.1, 0.15) is 6.04 Å². The molecule has 0 spiro atoms. The largest absolute Gasteiger partial charge is 0.354 e. The molecule has 2 aromatic rings. The molecular weight excluding hydrogens is 380 g/mol. The van der Waals surface area contributed by atoms with E-state index in [1.165, 1.54) is 17.3 Å². The first-order valence-corrected chi connectivity index (χ1v) is 11.1. The normalized spacial score (nSPS) is 11.9. The zero-order valence-electron chi connectivity index (χ0n) is 18.1. The van der Waals surface area contributed by atoms with Gasteiger partial charge in [-0.2, -0.15) is 0 Å². The number of benzene rings is 2. The lowest BCUT2D eigenvalue weighted by Crippen LogP contribution is -2.48. The number of rotatable bonds is 9. The number of aryl methyl sites for hydroxylation is 2. The quantitative estimate of drug-likeness (QED) is 0.613. The third kappa shape index (κ3) is 7.24. The van der Waals surface area contributed by atoms with Gasteiger partial charge in [-0.05, 0) is 49.9 Å². The molecule has 1 N–H and O–H groups in total. The summed E-state index contributed by atoms with van der Waals surface area (Å²) >= 11 is 1.50. The summed E-state index contributed by atoms with van der Waals surface area (Å²) in [5.41, 5.74) is 3.37. The van der Waals surface area contributed by atoms with Crippen molar-refractivity contribution in [3.63, 3.8) is 0 Å². The Morgan fingerprint density at radius 2 is 1.66 bits per heavy atom. The molecule has 156 valence electrons. The van der Waals surface area contributed by atoms with Gasteiger partial charge in [-0.3, -0.25) is 9.59 Å². The average Bonchev–Trinajstić information content (AvgIpc) is 2.70. The highest BCUT2D eigenvalue weighted by molar-refractivity contribution is 8.00. The number of carbonyl (C=O) groups is 2. The Kier molecular flexibility index (Phi) is 8.77. The van der Waals surface area contributed by atoms with Crippen LogP contribution in [0, 0.1) is 19.8 Å². The minimum atomic E-state index is -0.528. The predicted molar refractivity (Wildman–Crippen MR) is 121 cm³/mol. The lowest BCUT2D eigenvalue weighted by molar-refractivity contribution is -0.138. The fraction of sp³-hybridized carbons (Fsp3) is 0.417. The first kappa shape index (κ1) is 23.0. The minimum Gasteiger partial charge on any atom is -0.354 e. The summed E-state index contributed by atoms with van der Waals surface area (Å²) in [6, 6.07) is 15.6. The third-order valence-corrected chi connectivity index (χ3v) is 5.83. The van der Waals surface area contributed by atoms with Crippen molar-refractivity contribution < 1.29 is 9.59 Å². The first-order chi connectivity index (χ1) is 13.8. The van der Waals surface area contributed by atoms with E-state index in [0.29, 0.717) is 24.8 Å². The number of hydrogen-bond donors (Lipinski definition) is 1. The maximum absolute atomic E-state index is 13.1. The zero-order chi connectivity index (χ0) is 21.4. The van der Waals surface area contributed by atoms with Crippen LogP contribution in [0.15, 0.2) is 53.4 Å². The summed E-state index contributed by atoms with van der Waals surface area (Å²) in [4.78, 5) is 28.5. The molecule has 5 heteroatoms. The Morgan fingerprint density at radius 1 is 1.00 bits per heavy atom. The monoisotopic (exact) mass is 412 g/mol. The van der Waals surface area contributed by atoms with Crippen molar-refractivity contribution in [2.24, 2.45) is 5.92 Å². The Balaban J connectivity index is 2.13. The van der Waals surface area contributed by atoms with Gasteiger partial charge in [-0.15, -0.1) is 11.8 Å². The molecule has 0 saturated carbocycles. The van der Waals surface area contributed by atoms with Gasteiger partial charge in [0.05, 0.1) is 5.75 Å². The molecule has 2 amide bonds. The molecule has 2 rings (SSSR count). The summed E-state index contributed by atoms with van der Waals surface area (Å²) < 4.78 is 0. The Labute approximate surface area is 179 Å². The molecule has 0 aliphatic heterocycles. The highest BCUT2D eigenvalue weighted by Crippen LogP contribution is 2.21. The number of amides is 2. The lowest BCUT2D eigenvalue weighted by Gasteiger charge is -2.29. The summed E-state index contributed by atoms with van der Waals surface area (Å²) in [5, 5.41) is 2.96. The highest BCUT2D eigenvalue weighted by atomic mass is 32.2. The lowest BCUT2D eigenvalue weighted by atomic mass is 10.1. The van der Waals surface area contributed by atoms with Crippen molar-refractivity contribution in [1.82, 2.24) is 10.2 Å². The van der Waals surface area contributed by atoms with Crippen LogP contribution in [0.4, 0.5) is 0 Å². The third-order valence-electron chi connectivity index (χ3n) is 4.84. The Morgan fingerprint density at radius 3 is 2.28 bits per heavy atom. The van der Waals surface area contributed by atoms with Gasteiger partial charge in [0.15, 0.2) is 0 Å². The molecule has 0 heterocycles. The molecule has 0 aromatic heterocycles. The summed E-state index contributed by atoms with van der Waals surface area (Å²) in [7, 11) is 0. The first-order valence-electron chi connectivity index (χ1n) is 10.1. The van der Waals surface area contributed by atoms with Crippen LogP contribution in [-0.2, 0) is 16.1 Å². The molecule has 0 bridgehead atoms.